The molecule has 2 aliphatic heterocycles. The largest absolute Gasteiger partial charge is 0.375 e. The zero-order chi connectivity index (χ0) is 13.1. The molecule has 0 saturated carbocycles. The summed E-state index contributed by atoms with van der Waals surface area (Å²) in [6, 6.07) is 6.14. The SMILES string of the molecule is CCN1CCO[C@H]2CN(Cc3ccccn3)C[C@H]2C1. The monoisotopic (exact) mass is 261 g/mol. The van der Waals surface area contributed by atoms with Crippen molar-refractivity contribution in [2.24, 2.45) is 5.92 Å². The fraction of sp³-hybridized carbons (Fsp3) is 0.667. The number of likely N-dealkylation sites (N-methyl/N-ethyl adjacent to an activating group) is 1. The number of nitrogens with zero attached hydrogens (tertiary/aromatic N) is 3. The zero-order valence-electron chi connectivity index (χ0n) is 11.7. The molecule has 3 heterocycles. The van der Waals surface area contributed by atoms with Gasteiger partial charge in [-0.05, 0) is 18.7 Å². The minimum absolute atomic E-state index is 0.417. The number of hydrogen-bond donors (Lipinski definition) is 0. The van der Waals surface area contributed by atoms with Crippen LogP contribution in [0.4, 0.5) is 0 Å². The lowest BCUT2D eigenvalue weighted by Gasteiger charge is -2.21. The Kier molecular flexibility index (Phi) is 4.11. The Morgan fingerprint density at radius 2 is 2.16 bits per heavy atom. The smallest absolute Gasteiger partial charge is 0.0755 e. The van der Waals surface area contributed by atoms with Gasteiger partial charge < -0.3 is 9.64 Å². The number of aromatic nitrogens is 1. The van der Waals surface area contributed by atoms with E-state index in [1.165, 1.54) is 6.54 Å². The Bertz CT molecular complexity index is 398. The van der Waals surface area contributed by atoms with Crippen LogP contribution in [0.3, 0.4) is 0 Å². The molecule has 0 bridgehead atoms. The van der Waals surface area contributed by atoms with Gasteiger partial charge in [-0.25, -0.2) is 0 Å². The van der Waals surface area contributed by atoms with E-state index in [0.717, 1.165) is 45.0 Å². The third-order valence-electron chi connectivity index (χ3n) is 4.25. The second-order valence-electron chi connectivity index (χ2n) is 5.58. The molecular formula is C15H23N3O. The minimum atomic E-state index is 0.417. The van der Waals surface area contributed by atoms with Gasteiger partial charge in [0.25, 0.3) is 0 Å². The van der Waals surface area contributed by atoms with Gasteiger partial charge in [0.05, 0.1) is 18.4 Å². The van der Waals surface area contributed by atoms with Crippen LogP contribution in [-0.2, 0) is 11.3 Å². The van der Waals surface area contributed by atoms with Gasteiger partial charge in [0.2, 0.25) is 0 Å². The Labute approximate surface area is 115 Å². The van der Waals surface area contributed by atoms with E-state index in [-0.39, 0.29) is 0 Å². The van der Waals surface area contributed by atoms with Gasteiger partial charge in [-0.2, -0.15) is 0 Å². The second-order valence-corrected chi connectivity index (χ2v) is 5.58. The van der Waals surface area contributed by atoms with Gasteiger partial charge in [0, 0.05) is 44.8 Å². The van der Waals surface area contributed by atoms with Crippen LogP contribution in [0.5, 0.6) is 0 Å². The lowest BCUT2D eigenvalue weighted by atomic mass is 10.1. The van der Waals surface area contributed by atoms with Crippen LogP contribution < -0.4 is 0 Å². The first-order valence-corrected chi connectivity index (χ1v) is 7.31. The summed E-state index contributed by atoms with van der Waals surface area (Å²) in [5, 5.41) is 0. The van der Waals surface area contributed by atoms with Gasteiger partial charge in [0.15, 0.2) is 0 Å². The van der Waals surface area contributed by atoms with Crippen molar-refractivity contribution in [1.29, 1.82) is 0 Å². The predicted molar refractivity (Wildman–Crippen MR) is 74.9 cm³/mol. The molecule has 19 heavy (non-hydrogen) atoms. The minimum Gasteiger partial charge on any atom is -0.375 e. The zero-order valence-corrected chi connectivity index (χ0v) is 11.7. The molecule has 0 amide bonds. The highest BCUT2D eigenvalue weighted by Crippen LogP contribution is 2.24. The average molecular weight is 261 g/mol. The highest BCUT2D eigenvalue weighted by molar-refractivity contribution is 5.04. The topological polar surface area (TPSA) is 28.6 Å². The molecule has 1 aromatic heterocycles. The number of pyridine rings is 1. The molecule has 4 nitrogen and oxygen atoms in total. The molecule has 0 aromatic carbocycles. The van der Waals surface area contributed by atoms with E-state index < -0.39 is 0 Å². The third kappa shape index (κ3) is 3.14. The standard InChI is InChI=1S/C15H23N3O/c1-2-17-7-8-19-15-12-18(10-13(15)9-17)11-14-5-3-4-6-16-14/h3-6,13,15H,2,7-12H2,1H3/t13-,15+/m1/s1. The maximum absolute atomic E-state index is 6.02. The Hall–Kier alpha value is -0.970. The summed E-state index contributed by atoms with van der Waals surface area (Å²) in [5.41, 5.74) is 1.16. The van der Waals surface area contributed by atoms with Crippen molar-refractivity contribution in [3.63, 3.8) is 0 Å². The summed E-state index contributed by atoms with van der Waals surface area (Å²) in [7, 11) is 0. The van der Waals surface area contributed by atoms with Crippen molar-refractivity contribution >= 4 is 0 Å². The van der Waals surface area contributed by atoms with Gasteiger partial charge in [0.1, 0.15) is 0 Å². The van der Waals surface area contributed by atoms with E-state index in [1.807, 2.05) is 12.3 Å². The van der Waals surface area contributed by atoms with Crippen LogP contribution in [0.15, 0.2) is 24.4 Å². The summed E-state index contributed by atoms with van der Waals surface area (Å²) in [4.78, 5) is 9.41. The third-order valence-corrected chi connectivity index (χ3v) is 4.25. The first-order valence-electron chi connectivity index (χ1n) is 7.31. The summed E-state index contributed by atoms with van der Waals surface area (Å²) in [5.74, 6) is 0.658. The maximum atomic E-state index is 6.02. The van der Waals surface area contributed by atoms with E-state index in [4.69, 9.17) is 4.74 Å². The van der Waals surface area contributed by atoms with Crippen molar-refractivity contribution < 1.29 is 4.74 Å². The molecule has 0 N–H and O–H groups in total. The van der Waals surface area contributed by atoms with Crippen LogP contribution in [0.1, 0.15) is 12.6 Å². The number of fused-ring (bicyclic) bond motifs is 1. The molecule has 2 saturated heterocycles. The Balaban J connectivity index is 1.60. The average Bonchev–Trinajstić information content (AvgIpc) is 2.70. The molecule has 0 spiro atoms. The summed E-state index contributed by atoms with van der Waals surface area (Å²) in [6.45, 7) is 9.66. The molecule has 2 aliphatic rings. The normalized spacial score (nSPS) is 29.1. The quantitative estimate of drug-likeness (QED) is 0.818. The van der Waals surface area contributed by atoms with Gasteiger partial charge >= 0.3 is 0 Å². The fourth-order valence-corrected chi connectivity index (χ4v) is 3.18. The van der Waals surface area contributed by atoms with Crippen LogP contribution >= 0.6 is 0 Å². The van der Waals surface area contributed by atoms with Crippen LogP contribution in [0.25, 0.3) is 0 Å². The number of hydrogen-bond acceptors (Lipinski definition) is 4. The predicted octanol–water partition coefficient (Wildman–Crippen LogP) is 1.23. The molecule has 3 rings (SSSR count). The van der Waals surface area contributed by atoms with Crippen molar-refractivity contribution in [1.82, 2.24) is 14.8 Å². The van der Waals surface area contributed by atoms with Crippen LogP contribution in [0, 0.1) is 5.92 Å². The van der Waals surface area contributed by atoms with E-state index in [2.05, 4.69) is 33.8 Å². The highest BCUT2D eigenvalue weighted by atomic mass is 16.5. The molecule has 4 heteroatoms. The molecule has 2 atom stereocenters. The molecule has 0 aliphatic carbocycles. The highest BCUT2D eigenvalue weighted by Gasteiger charge is 2.36. The van der Waals surface area contributed by atoms with Crippen LogP contribution in [0.2, 0.25) is 0 Å². The van der Waals surface area contributed by atoms with Gasteiger partial charge in [-0.3, -0.25) is 9.88 Å². The molecule has 0 radical (unpaired) electrons. The van der Waals surface area contributed by atoms with Crippen molar-refractivity contribution in [3.8, 4) is 0 Å². The lowest BCUT2D eigenvalue weighted by Crippen LogP contribution is -2.32. The number of ether oxygens (including phenoxy) is 1. The van der Waals surface area contributed by atoms with Gasteiger partial charge in [-0.1, -0.05) is 13.0 Å². The first-order chi connectivity index (χ1) is 9.35. The number of rotatable bonds is 3. The molecule has 1 aromatic rings. The van der Waals surface area contributed by atoms with E-state index >= 15 is 0 Å². The molecule has 2 fully saturated rings. The van der Waals surface area contributed by atoms with E-state index in [9.17, 15) is 0 Å². The van der Waals surface area contributed by atoms with Crippen LogP contribution in [-0.4, -0.2) is 60.2 Å². The summed E-state index contributed by atoms with van der Waals surface area (Å²) < 4.78 is 6.02. The maximum Gasteiger partial charge on any atom is 0.0755 e. The van der Waals surface area contributed by atoms with E-state index in [0.29, 0.717) is 12.0 Å². The molecular weight excluding hydrogens is 238 g/mol. The first kappa shape index (κ1) is 13.0. The Morgan fingerprint density at radius 1 is 1.26 bits per heavy atom. The van der Waals surface area contributed by atoms with Crippen molar-refractivity contribution in [3.05, 3.63) is 30.1 Å². The fourth-order valence-electron chi connectivity index (χ4n) is 3.18. The van der Waals surface area contributed by atoms with E-state index in [1.54, 1.807) is 0 Å². The Morgan fingerprint density at radius 3 is 2.95 bits per heavy atom. The lowest BCUT2D eigenvalue weighted by molar-refractivity contribution is 0.0511. The van der Waals surface area contributed by atoms with Crippen molar-refractivity contribution in [2.75, 3.05) is 39.3 Å². The summed E-state index contributed by atoms with van der Waals surface area (Å²) >= 11 is 0. The molecule has 0 unspecified atom stereocenters. The summed E-state index contributed by atoms with van der Waals surface area (Å²) in [6.07, 6.45) is 2.29. The molecule has 104 valence electrons. The van der Waals surface area contributed by atoms with Crippen molar-refractivity contribution in [2.45, 2.75) is 19.6 Å². The second kappa shape index (κ2) is 5.99. The number of likely N-dealkylation sites (tertiary alicyclic amines) is 1. The van der Waals surface area contributed by atoms with Gasteiger partial charge in [-0.15, -0.1) is 0 Å².